The van der Waals surface area contributed by atoms with Crippen molar-refractivity contribution in [2.24, 2.45) is 0 Å². The third-order valence-corrected chi connectivity index (χ3v) is 5.44. The van der Waals surface area contributed by atoms with Crippen molar-refractivity contribution < 1.29 is 14.0 Å². The van der Waals surface area contributed by atoms with E-state index in [4.69, 9.17) is 0 Å². The molecule has 0 radical (unpaired) electrons. The van der Waals surface area contributed by atoms with E-state index in [0.717, 1.165) is 17.1 Å². The van der Waals surface area contributed by atoms with Crippen LogP contribution < -0.4 is 16.0 Å². The Labute approximate surface area is 181 Å². The summed E-state index contributed by atoms with van der Waals surface area (Å²) < 4.78 is 14.4. The number of nitrogens with one attached hydrogen (secondary N) is 4. The SMILES string of the molecule is CC1(C)C(=O)NC(=O)c2cc(Nc3nc(Nc4ccc5cn[nH]c5c4)ncc3F)ccc21. The molecule has 9 nitrogen and oxygen atoms in total. The summed E-state index contributed by atoms with van der Waals surface area (Å²) >= 11 is 0. The molecule has 32 heavy (non-hydrogen) atoms. The van der Waals surface area contributed by atoms with Gasteiger partial charge in [-0.25, -0.2) is 9.37 Å². The Morgan fingerprint density at radius 1 is 1.00 bits per heavy atom. The normalized spacial score (nSPS) is 14.7. The number of carbonyl (C=O) groups excluding carboxylic acids is 2. The summed E-state index contributed by atoms with van der Waals surface area (Å²) in [5, 5.41) is 16.1. The van der Waals surface area contributed by atoms with Gasteiger partial charge in [0.1, 0.15) is 0 Å². The van der Waals surface area contributed by atoms with E-state index >= 15 is 0 Å². The topological polar surface area (TPSA) is 125 Å². The van der Waals surface area contributed by atoms with Crippen molar-refractivity contribution in [1.82, 2.24) is 25.5 Å². The highest BCUT2D eigenvalue weighted by molar-refractivity contribution is 6.13. The summed E-state index contributed by atoms with van der Waals surface area (Å²) in [5.41, 5.74) is 2.10. The van der Waals surface area contributed by atoms with Crippen LogP contribution in [0.25, 0.3) is 10.9 Å². The maximum Gasteiger partial charge on any atom is 0.258 e. The van der Waals surface area contributed by atoms with Crippen molar-refractivity contribution in [3.63, 3.8) is 0 Å². The molecule has 0 bridgehead atoms. The van der Waals surface area contributed by atoms with Gasteiger partial charge in [0.25, 0.3) is 5.91 Å². The largest absolute Gasteiger partial charge is 0.338 e. The number of hydrogen-bond donors (Lipinski definition) is 4. The first kappa shape index (κ1) is 19.6. The van der Waals surface area contributed by atoms with E-state index in [1.807, 2.05) is 18.2 Å². The Balaban J connectivity index is 1.43. The number of fused-ring (bicyclic) bond motifs is 2. The van der Waals surface area contributed by atoms with E-state index in [-0.39, 0.29) is 17.7 Å². The first-order valence-corrected chi connectivity index (χ1v) is 9.81. The van der Waals surface area contributed by atoms with Crippen LogP contribution in [-0.4, -0.2) is 32.0 Å². The zero-order valence-corrected chi connectivity index (χ0v) is 17.2. The number of aromatic amines is 1. The van der Waals surface area contributed by atoms with Gasteiger partial charge >= 0.3 is 0 Å². The number of rotatable bonds is 4. The van der Waals surface area contributed by atoms with Crippen LogP contribution in [0.5, 0.6) is 0 Å². The van der Waals surface area contributed by atoms with Gasteiger partial charge < -0.3 is 10.6 Å². The minimum atomic E-state index is -0.852. The molecule has 0 saturated carbocycles. The molecule has 10 heteroatoms. The van der Waals surface area contributed by atoms with Crippen LogP contribution in [0.2, 0.25) is 0 Å². The number of carbonyl (C=O) groups is 2. The van der Waals surface area contributed by atoms with Gasteiger partial charge in [0.05, 0.1) is 23.3 Å². The predicted molar refractivity (Wildman–Crippen MR) is 117 cm³/mol. The Kier molecular flexibility index (Phi) is 4.36. The van der Waals surface area contributed by atoms with Crippen LogP contribution in [0.3, 0.4) is 0 Å². The standard InChI is InChI=1S/C22H18FN7O2/c1-22(2)15-6-5-12(7-14(15)19(31)29-20(22)32)26-18-16(23)10-24-21(28-18)27-13-4-3-11-9-25-30-17(11)8-13/h3-10H,1-2H3,(H,25,30)(H,29,31,32)(H2,24,26,27,28). The smallest absolute Gasteiger partial charge is 0.258 e. The Morgan fingerprint density at radius 3 is 2.62 bits per heavy atom. The van der Waals surface area contributed by atoms with Crippen LogP contribution in [-0.2, 0) is 10.2 Å². The van der Waals surface area contributed by atoms with Gasteiger partial charge in [0, 0.05) is 22.3 Å². The second kappa shape index (κ2) is 7.12. The summed E-state index contributed by atoms with van der Waals surface area (Å²) in [6.07, 6.45) is 2.77. The minimum Gasteiger partial charge on any atom is -0.338 e. The molecule has 4 aromatic rings. The summed E-state index contributed by atoms with van der Waals surface area (Å²) in [6.45, 7) is 3.48. The van der Waals surface area contributed by atoms with Crippen LogP contribution >= 0.6 is 0 Å². The predicted octanol–water partition coefficient (Wildman–Crippen LogP) is 3.53. The molecular weight excluding hydrogens is 413 g/mol. The van der Waals surface area contributed by atoms with Gasteiger partial charge in [-0.2, -0.15) is 10.1 Å². The molecular formula is C22H18FN7O2. The molecule has 5 rings (SSSR count). The lowest BCUT2D eigenvalue weighted by Gasteiger charge is -2.30. The lowest BCUT2D eigenvalue weighted by Crippen LogP contribution is -2.48. The van der Waals surface area contributed by atoms with E-state index in [0.29, 0.717) is 22.5 Å². The van der Waals surface area contributed by atoms with Crippen LogP contribution in [0.1, 0.15) is 29.8 Å². The van der Waals surface area contributed by atoms with E-state index in [1.54, 1.807) is 38.2 Å². The molecule has 0 fully saturated rings. The molecule has 3 heterocycles. The number of amides is 2. The van der Waals surface area contributed by atoms with E-state index < -0.39 is 17.1 Å². The monoisotopic (exact) mass is 431 g/mol. The average molecular weight is 431 g/mol. The second-order valence-corrected chi connectivity index (χ2v) is 7.98. The Hall–Kier alpha value is -4.34. The number of nitrogens with zero attached hydrogens (tertiary/aromatic N) is 3. The van der Waals surface area contributed by atoms with Crippen molar-refractivity contribution in [3.8, 4) is 0 Å². The maximum absolute atomic E-state index is 14.4. The number of benzene rings is 2. The highest BCUT2D eigenvalue weighted by Crippen LogP contribution is 2.33. The summed E-state index contributed by atoms with van der Waals surface area (Å²) in [4.78, 5) is 32.6. The summed E-state index contributed by atoms with van der Waals surface area (Å²) in [6, 6.07) is 10.5. The van der Waals surface area contributed by atoms with Crippen LogP contribution in [0, 0.1) is 5.82 Å². The van der Waals surface area contributed by atoms with Gasteiger partial charge in [-0.15, -0.1) is 0 Å². The van der Waals surface area contributed by atoms with Gasteiger partial charge in [-0.1, -0.05) is 6.07 Å². The number of anilines is 4. The second-order valence-electron chi connectivity index (χ2n) is 7.98. The van der Waals surface area contributed by atoms with Crippen molar-refractivity contribution in [1.29, 1.82) is 0 Å². The Bertz CT molecular complexity index is 1400. The van der Waals surface area contributed by atoms with Gasteiger partial charge in [-0.05, 0) is 49.7 Å². The number of aromatic nitrogens is 4. The van der Waals surface area contributed by atoms with Crippen molar-refractivity contribution >= 4 is 45.9 Å². The van der Waals surface area contributed by atoms with Crippen molar-refractivity contribution in [3.05, 3.63) is 65.7 Å². The lowest BCUT2D eigenvalue weighted by atomic mass is 9.78. The third kappa shape index (κ3) is 3.31. The van der Waals surface area contributed by atoms with Gasteiger partial charge in [0.15, 0.2) is 11.6 Å². The third-order valence-electron chi connectivity index (χ3n) is 5.44. The van der Waals surface area contributed by atoms with E-state index in [1.165, 1.54) is 0 Å². The van der Waals surface area contributed by atoms with Gasteiger partial charge in [-0.3, -0.25) is 20.0 Å². The molecule has 0 unspecified atom stereocenters. The van der Waals surface area contributed by atoms with Crippen molar-refractivity contribution in [2.75, 3.05) is 10.6 Å². The molecule has 0 saturated heterocycles. The van der Waals surface area contributed by atoms with E-state index in [9.17, 15) is 14.0 Å². The average Bonchev–Trinajstić information content (AvgIpc) is 3.23. The van der Waals surface area contributed by atoms with Crippen LogP contribution in [0.4, 0.5) is 27.5 Å². The summed E-state index contributed by atoms with van der Waals surface area (Å²) in [7, 11) is 0. The number of halogens is 1. The number of H-pyrrole nitrogens is 1. The number of imide groups is 1. The minimum absolute atomic E-state index is 0.0587. The highest BCUT2D eigenvalue weighted by Gasteiger charge is 2.39. The molecule has 2 aromatic heterocycles. The zero-order chi connectivity index (χ0) is 22.5. The molecule has 1 aliphatic heterocycles. The fraction of sp³-hybridized carbons (Fsp3) is 0.136. The molecule has 0 atom stereocenters. The quantitative estimate of drug-likeness (QED) is 0.364. The molecule has 160 valence electrons. The van der Waals surface area contributed by atoms with Crippen LogP contribution in [0.15, 0.2) is 48.8 Å². The first-order valence-electron chi connectivity index (χ1n) is 9.81. The molecule has 4 N–H and O–H groups in total. The lowest BCUT2D eigenvalue weighted by molar-refractivity contribution is -0.125. The fourth-order valence-electron chi connectivity index (χ4n) is 3.60. The van der Waals surface area contributed by atoms with Gasteiger partial charge in [0.2, 0.25) is 11.9 Å². The molecule has 0 aliphatic carbocycles. The van der Waals surface area contributed by atoms with E-state index in [2.05, 4.69) is 36.1 Å². The zero-order valence-electron chi connectivity index (χ0n) is 17.2. The number of hydrogen-bond acceptors (Lipinski definition) is 7. The molecule has 1 aliphatic rings. The highest BCUT2D eigenvalue weighted by atomic mass is 19.1. The fourth-order valence-corrected chi connectivity index (χ4v) is 3.60. The molecule has 2 aromatic carbocycles. The van der Waals surface area contributed by atoms with Crippen molar-refractivity contribution in [2.45, 2.75) is 19.3 Å². The molecule has 2 amide bonds. The molecule has 0 spiro atoms. The maximum atomic E-state index is 14.4. The Morgan fingerprint density at radius 2 is 1.78 bits per heavy atom. The summed E-state index contributed by atoms with van der Waals surface area (Å²) in [5.74, 6) is -1.38. The first-order chi connectivity index (χ1) is 15.3.